The van der Waals surface area contributed by atoms with Crippen molar-refractivity contribution in [3.05, 3.63) is 47.8 Å². The van der Waals surface area contributed by atoms with Crippen molar-refractivity contribution in [3.8, 4) is 0 Å². The highest BCUT2D eigenvalue weighted by molar-refractivity contribution is 5.33. The predicted octanol–water partition coefficient (Wildman–Crippen LogP) is 4.87. The van der Waals surface area contributed by atoms with Crippen molar-refractivity contribution in [2.75, 3.05) is 13.2 Å². The Balaban J connectivity index is 2.42. The third-order valence-corrected chi connectivity index (χ3v) is 4.40. The lowest BCUT2D eigenvalue weighted by molar-refractivity contribution is 0.0275. The van der Waals surface area contributed by atoms with Crippen molar-refractivity contribution in [3.63, 3.8) is 0 Å². The van der Waals surface area contributed by atoms with E-state index < -0.39 is 0 Å². The normalized spacial score (nSPS) is 22.9. The van der Waals surface area contributed by atoms with E-state index in [-0.39, 0.29) is 11.2 Å². The molecule has 1 aromatic carbocycles. The molecule has 2 atom stereocenters. The summed E-state index contributed by atoms with van der Waals surface area (Å²) in [4.78, 5) is 0. The van der Waals surface area contributed by atoms with Crippen molar-refractivity contribution in [2.24, 2.45) is 5.92 Å². The van der Waals surface area contributed by atoms with Gasteiger partial charge in [0.05, 0.1) is 6.61 Å². The third kappa shape index (κ3) is 3.12. The van der Waals surface area contributed by atoms with Crippen molar-refractivity contribution in [2.45, 2.75) is 44.9 Å². The Hall–Kier alpha value is -1.15. The molecule has 1 heterocycles. The molecule has 1 saturated heterocycles. The number of benzene rings is 1. The molecule has 0 spiro atoms. The van der Waals surface area contributed by atoms with Gasteiger partial charge in [-0.05, 0) is 49.8 Å². The Bertz CT molecular complexity index is 431. The van der Waals surface area contributed by atoms with Crippen molar-refractivity contribution >= 4 is 0 Å². The van der Waals surface area contributed by atoms with Crippen LogP contribution in [0, 0.1) is 11.7 Å². The summed E-state index contributed by atoms with van der Waals surface area (Å²) < 4.78 is 19.0. The molecule has 1 aromatic rings. The van der Waals surface area contributed by atoms with Gasteiger partial charge in [-0.2, -0.15) is 0 Å². The lowest BCUT2D eigenvalue weighted by atomic mass is 9.65. The van der Waals surface area contributed by atoms with Gasteiger partial charge >= 0.3 is 0 Å². The van der Waals surface area contributed by atoms with E-state index in [1.54, 1.807) is 12.1 Å². The van der Waals surface area contributed by atoms with Gasteiger partial charge in [0.15, 0.2) is 0 Å². The Morgan fingerprint density at radius 3 is 2.65 bits per heavy atom. The molecule has 2 unspecified atom stereocenters. The minimum absolute atomic E-state index is 0.0162. The lowest BCUT2D eigenvalue weighted by Crippen LogP contribution is -2.38. The molecule has 0 saturated carbocycles. The molecular weight excluding hydrogens is 251 g/mol. The number of halogens is 1. The first-order valence-electron chi connectivity index (χ1n) is 7.70. The van der Waals surface area contributed by atoms with Crippen LogP contribution in [0.5, 0.6) is 0 Å². The van der Waals surface area contributed by atoms with Gasteiger partial charge in [0.25, 0.3) is 0 Å². The average Bonchev–Trinajstić information content (AvgIpc) is 2.48. The Kier molecular flexibility index (Phi) is 5.36. The minimum Gasteiger partial charge on any atom is -0.381 e. The Morgan fingerprint density at radius 1 is 1.35 bits per heavy atom. The molecule has 1 aliphatic rings. The molecule has 2 heteroatoms. The van der Waals surface area contributed by atoms with E-state index in [0.717, 1.165) is 32.5 Å². The Labute approximate surface area is 121 Å². The lowest BCUT2D eigenvalue weighted by Gasteiger charge is -2.41. The maximum Gasteiger partial charge on any atom is 0.123 e. The summed E-state index contributed by atoms with van der Waals surface area (Å²) in [6.07, 6.45) is 8.93. The molecule has 0 aliphatic carbocycles. The summed E-state index contributed by atoms with van der Waals surface area (Å²) in [7, 11) is 0. The van der Waals surface area contributed by atoms with E-state index in [1.165, 1.54) is 12.0 Å². The molecule has 20 heavy (non-hydrogen) atoms. The number of ether oxygens (including phenoxy) is 1. The molecule has 1 aliphatic heterocycles. The van der Waals surface area contributed by atoms with E-state index in [2.05, 4.69) is 26.0 Å². The summed E-state index contributed by atoms with van der Waals surface area (Å²) >= 11 is 0. The quantitative estimate of drug-likeness (QED) is 0.697. The molecule has 110 valence electrons. The summed E-state index contributed by atoms with van der Waals surface area (Å²) in [6, 6.07) is 7.04. The number of hydrogen-bond donors (Lipinski definition) is 0. The molecule has 0 N–H and O–H groups in total. The van der Waals surface area contributed by atoms with Crippen LogP contribution in [0.15, 0.2) is 36.4 Å². The second-order valence-electron chi connectivity index (χ2n) is 5.71. The standard InChI is InChI=1S/C18H25FO/c1-3-11-18(12-4-2,16-6-5-13-20-14-16)15-7-9-17(19)10-8-15/h3,7-11,16H,4-6,12-14H2,1-2H3. The maximum absolute atomic E-state index is 13.2. The first-order chi connectivity index (χ1) is 9.73. The zero-order chi connectivity index (χ0) is 14.4. The van der Waals surface area contributed by atoms with Gasteiger partial charge in [-0.1, -0.05) is 37.6 Å². The van der Waals surface area contributed by atoms with Gasteiger partial charge in [0.2, 0.25) is 0 Å². The zero-order valence-electron chi connectivity index (χ0n) is 12.6. The molecule has 1 fully saturated rings. The largest absolute Gasteiger partial charge is 0.381 e. The first kappa shape index (κ1) is 15.2. The summed E-state index contributed by atoms with van der Waals surface area (Å²) in [5, 5.41) is 0. The molecule has 1 nitrogen and oxygen atoms in total. The molecule has 0 aromatic heterocycles. The van der Waals surface area contributed by atoms with Crippen LogP contribution in [0.1, 0.15) is 45.1 Å². The van der Waals surface area contributed by atoms with E-state index in [1.807, 2.05) is 12.1 Å². The van der Waals surface area contributed by atoms with Gasteiger partial charge < -0.3 is 4.74 Å². The van der Waals surface area contributed by atoms with Crippen LogP contribution in [0.25, 0.3) is 0 Å². The van der Waals surface area contributed by atoms with Crippen LogP contribution in [-0.4, -0.2) is 13.2 Å². The summed E-state index contributed by atoms with van der Waals surface area (Å²) in [5.74, 6) is 0.317. The smallest absolute Gasteiger partial charge is 0.123 e. The highest BCUT2D eigenvalue weighted by Crippen LogP contribution is 2.42. The van der Waals surface area contributed by atoms with Crippen LogP contribution >= 0.6 is 0 Å². The van der Waals surface area contributed by atoms with E-state index in [9.17, 15) is 4.39 Å². The second-order valence-corrected chi connectivity index (χ2v) is 5.71. The number of rotatable bonds is 5. The van der Waals surface area contributed by atoms with E-state index in [4.69, 9.17) is 4.74 Å². The van der Waals surface area contributed by atoms with Crippen LogP contribution in [0.2, 0.25) is 0 Å². The van der Waals surface area contributed by atoms with Gasteiger partial charge in [-0.25, -0.2) is 4.39 Å². The fourth-order valence-corrected chi connectivity index (χ4v) is 3.52. The molecular formula is C18H25FO. The highest BCUT2D eigenvalue weighted by atomic mass is 19.1. The second kappa shape index (κ2) is 7.03. The van der Waals surface area contributed by atoms with Crippen molar-refractivity contribution < 1.29 is 9.13 Å². The predicted molar refractivity (Wildman–Crippen MR) is 81.3 cm³/mol. The fourth-order valence-electron chi connectivity index (χ4n) is 3.52. The van der Waals surface area contributed by atoms with Crippen molar-refractivity contribution in [1.29, 1.82) is 0 Å². The van der Waals surface area contributed by atoms with Crippen molar-refractivity contribution in [1.82, 2.24) is 0 Å². The van der Waals surface area contributed by atoms with Gasteiger partial charge in [-0.3, -0.25) is 0 Å². The molecule has 2 rings (SSSR count). The van der Waals surface area contributed by atoms with Crippen LogP contribution < -0.4 is 0 Å². The fraction of sp³-hybridized carbons (Fsp3) is 0.556. The highest BCUT2D eigenvalue weighted by Gasteiger charge is 2.38. The average molecular weight is 276 g/mol. The third-order valence-electron chi connectivity index (χ3n) is 4.40. The van der Waals surface area contributed by atoms with Gasteiger partial charge in [-0.15, -0.1) is 0 Å². The van der Waals surface area contributed by atoms with E-state index in [0.29, 0.717) is 5.92 Å². The molecule has 0 bridgehead atoms. The summed E-state index contributed by atoms with van der Waals surface area (Å²) in [6.45, 7) is 5.96. The topological polar surface area (TPSA) is 9.23 Å². The van der Waals surface area contributed by atoms with Crippen LogP contribution in [-0.2, 0) is 10.2 Å². The number of hydrogen-bond acceptors (Lipinski definition) is 1. The van der Waals surface area contributed by atoms with E-state index >= 15 is 0 Å². The zero-order valence-corrected chi connectivity index (χ0v) is 12.6. The SMILES string of the molecule is CC=CC(CCC)(c1ccc(F)cc1)C1CCCOC1. The number of allylic oxidation sites excluding steroid dienone is 2. The van der Waals surface area contributed by atoms with Crippen LogP contribution in [0.4, 0.5) is 4.39 Å². The van der Waals surface area contributed by atoms with Crippen LogP contribution in [0.3, 0.4) is 0 Å². The van der Waals surface area contributed by atoms with Gasteiger partial charge in [0, 0.05) is 12.0 Å². The Morgan fingerprint density at radius 2 is 2.10 bits per heavy atom. The van der Waals surface area contributed by atoms with Gasteiger partial charge in [0.1, 0.15) is 5.82 Å². The molecule has 0 radical (unpaired) electrons. The first-order valence-corrected chi connectivity index (χ1v) is 7.70. The molecule has 0 amide bonds. The monoisotopic (exact) mass is 276 g/mol. The maximum atomic E-state index is 13.2. The minimum atomic E-state index is -0.167. The summed E-state index contributed by atoms with van der Waals surface area (Å²) in [5.41, 5.74) is 1.20.